The van der Waals surface area contributed by atoms with Crippen molar-refractivity contribution in [3.05, 3.63) is 191 Å². The zero-order valence-corrected chi connectivity index (χ0v) is 62.8. The van der Waals surface area contributed by atoms with Gasteiger partial charge in [-0.15, -0.1) is 0 Å². The molecule has 3 fully saturated rings. The first-order chi connectivity index (χ1) is 46.4. The Morgan fingerprint density at radius 2 is 0.866 bits per heavy atom. The molecule has 532 valence electrons. The smallest absolute Gasteiger partial charge is 0.309 e. The molecule has 5 aromatic carbocycles. The third kappa shape index (κ3) is 25.8. The van der Waals surface area contributed by atoms with Crippen LogP contribution in [0.1, 0.15) is 221 Å². The van der Waals surface area contributed by atoms with Crippen LogP contribution in [0.4, 0.5) is 0 Å². The van der Waals surface area contributed by atoms with Crippen molar-refractivity contribution in [3.63, 3.8) is 0 Å². The number of methoxy groups -OCH3 is 1. The van der Waals surface area contributed by atoms with Crippen molar-refractivity contribution in [2.75, 3.05) is 13.7 Å². The summed E-state index contributed by atoms with van der Waals surface area (Å²) in [5.74, 6) is 6.75. The molecule has 0 aliphatic heterocycles. The molecule has 9 rings (SSSR count). The second kappa shape index (κ2) is 40.7. The number of carbonyl (C=O) groups is 4. The van der Waals surface area contributed by atoms with Crippen molar-refractivity contribution >= 4 is 23.9 Å². The molecular weight excluding hydrogens is 1200 g/mol. The van der Waals surface area contributed by atoms with Crippen LogP contribution in [0.5, 0.6) is 0 Å². The van der Waals surface area contributed by atoms with Crippen LogP contribution in [-0.4, -0.2) is 43.7 Å². The maximum Gasteiger partial charge on any atom is 0.309 e. The van der Waals surface area contributed by atoms with E-state index in [0.29, 0.717) is 47.7 Å². The van der Waals surface area contributed by atoms with E-state index >= 15 is 0 Å². The van der Waals surface area contributed by atoms with E-state index in [9.17, 15) is 19.2 Å². The van der Waals surface area contributed by atoms with Crippen molar-refractivity contribution in [2.45, 2.75) is 232 Å². The van der Waals surface area contributed by atoms with Crippen LogP contribution in [0, 0.1) is 93.7 Å². The lowest BCUT2D eigenvalue weighted by Crippen LogP contribution is -2.51. The van der Waals surface area contributed by atoms with Gasteiger partial charge in [-0.2, -0.15) is 0 Å². The summed E-state index contributed by atoms with van der Waals surface area (Å²) >= 11 is 0. The Balaban J connectivity index is 0.000000226. The highest BCUT2D eigenvalue weighted by atomic mass is 16.5. The van der Waals surface area contributed by atoms with Gasteiger partial charge in [-0.3, -0.25) is 19.2 Å². The van der Waals surface area contributed by atoms with Crippen LogP contribution in [0.15, 0.2) is 163 Å². The maximum absolute atomic E-state index is 13.5. The minimum atomic E-state index is -0.0995. The lowest BCUT2D eigenvalue weighted by Gasteiger charge is -2.58. The Morgan fingerprint density at radius 3 is 1.28 bits per heavy atom. The molecule has 4 aliphatic carbocycles. The second-order valence-corrected chi connectivity index (χ2v) is 32.0. The van der Waals surface area contributed by atoms with Crippen molar-refractivity contribution in [1.82, 2.24) is 0 Å². The Labute approximate surface area is 589 Å². The van der Waals surface area contributed by atoms with Gasteiger partial charge in [0.2, 0.25) is 0 Å². The first kappa shape index (κ1) is 79.7. The highest BCUT2D eigenvalue weighted by Crippen LogP contribution is 2.67. The van der Waals surface area contributed by atoms with Gasteiger partial charge in [0.15, 0.2) is 0 Å². The fourth-order valence-electron chi connectivity index (χ4n) is 17.2. The third-order valence-electron chi connectivity index (χ3n) is 21.9. The van der Waals surface area contributed by atoms with E-state index in [1.165, 1.54) is 87.2 Å². The molecule has 12 atom stereocenters. The van der Waals surface area contributed by atoms with Crippen LogP contribution in [0.25, 0.3) is 0 Å². The first-order valence-electron chi connectivity index (χ1n) is 37.9. The summed E-state index contributed by atoms with van der Waals surface area (Å²) in [6, 6.07) is 50.7. The van der Waals surface area contributed by atoms with E-state index < -0.39 is 0 Å². The van der Waals surface area contributed by atoms with Gasteiger partial charge in [-0.1, -0.05) is 273 Å². The van der Waals surface area contributed by atoms with E-state index in [1.807, 2.05) is 97.9 Å². The summed E-state index contributed by atoms with van der Waals surface area (Å²) < 4.78 is 21.9. The number of carbonyl (C=O) groups excluding carboxylic acids is 4. The van der Waals surface area contributed by atoms with E-state index in [-0.39, 0.29) is 53.7 Å². The Hall–Kier alpha value is -6.28. The number of benzene rings is 5. The summed E-state index contributed by atoms with van der Waals surface area (Å²) in [7, 11) is 1.46. The summed E-state index contributed by atoms with van der Waals surface area (Å²) in [6.45, 7) is 32.5. The van der Waals surface area contributed by atoms with Crippen molar-refractivity contribution < 1.29 is 38.1 Å². The molecule has 0 bridgehead atoms. The topological polar surface area (TPSA) is 105 Å². The molecule has 5 aromatic rings. The van der Waals surface area contributed by atoms with Crippen LogP contribution in [0.3, 0.4) is 0 Å². The second-order valence-electron chi connectivity index (χ2n) is 32.0. The van der Waals surface area contributed by atoms with Crippen molar-refractivity contribution in [1.29, 1.82) is 0 Å². The summed E-state index contributed by atoms with van der Waals surface area (Å²) in [6.07, 6.45) is 23.6. The molecule has 4 aliphatic rings. The zero-order valence-electron chi connectivity index (χ0n) is 62.8. The highest BCUT2D eigenvalue weighted by Gasteiger charge is 2.59. The summed E-state index contributed by atoms with van der Waals surface area (Å²) in [5.41, 5.74) is 8.30. The Morgan fingerprint density at radius 1 is 0.454 bits per heavy atom. The average Bonchev–Trinajstić information content (AvgIpc) is 1.69. The number of hydrogen-bond acceptors (Lipinski definition) is 8. The molecule has 8 heteroatoms. The van der Waals surface area contributed by atoms with Gasteiger partial charge in [0.05, 0.1) is 37.4 Å². The Kier molecular flexibility index (Phi) is 33.4. The fraction of sp³-hybridized carbons (Fsp3) is 0.596. The van der Waals surface area contributed by atoms with E-state index in [1.54, 1.807) is 5.57 Å². The van der Waals surface area contributed by atoms with Crippen LogP contribution < -0.4 is 0 Å². The third-order valence-corrected chi connectivity index (χ3v) is 21.9. The van der Waals surface area contributed by atoms with E-state index in [0.717, 1.165) is 105 Å². The van der Waals surface area contributed by atoms with Gasteiger partial charge in [0.1, 0.15) is 12.7 Å². The number of rotatable bonds is 29. The van der Waals surface area contributed by atoms with Gasteiger partial charge < -0.3 is 18.9 Å². The molecule has 8 nitrogen and oxygen atoms in total. The van der Waals surface area contributed by atoms with Gasteiger partial charge in [0.25, 0.3) is 0 Å². The van der Waals surface area contributed by atoms with Gasteiger partial charge in [0, 0.05) is 6.42 Å². The van der Waals surface area contributed by atoms with Gasteiger partial charge >= 0.3 is 23.9 Å². The molecule has 4 unspecified atom stereocenters. The highest BCUT2D eigenvalue weighted by molar-refractivity contribution is 5.74. The van der Waals surface area contributed by atoms with Crippen LogP contribution >= 0.6 is 0 Å². The molecule has 3 saturated carbocycles. The molecule has 0 aromatic heterocycles. The predicted octanol–water partition coefficient (Wildman–Crippen LogP) is 22.0. The van der Waals surface area contributed by atoms with Crippen molar-refractivity contribution in [2.24, 2.45) is 93.7 Å². The van der Waals surface area contributed by atoms with Gasteiger partial charge in [-0.05, 0) is 201 Å². The lowest BCUT2D eigenvalue weighted by molar-refractivity contribution is -0.157. The standard InChI is InChI=1S/C40H62O2.C20H24O2.C15H22O2.C14H20O2/c1-27(2)12-11-13-29(5)35-18-19-36-34-17-16-32-26-33(20-22-39(32,6)37(34)21-23-40(35,36)7)42-38(41)31(24-28(3)4)25-30-14-9-8-10-15-30;1-16(2)13-19(14-17-9-5-3-6-10-17)20(21)22-15-18-11-7-4-8-12-18;1-4-17-15(16)14(10-12(2)3)11-13-8-6-5-7-9-13;1-11(2)9-13(14(15)16-3)10-12-7-5-4-6-8-12/h8-10,14-16,27-29,31,33-37H,11-13,17-26H2,1-7H3;3-12,16,19H,13-15H2,1-2H3;5-9,12,14H,4,10-11H2,1-3H3;4-8,11,13H,9-10H2,1-3H3/t29-,31?,33+,34+,35-,36+,37+,39+,40-;;;/m1.../s1. The molecule has 0 radical (unpaired) electrons. The zero-order chi connectivity index (χ0) is 70.5. The number of esters is 4. The molecule has 0 heterocycles. The van der Waals surface area contributed by atoms with Gasteiger partial charge in [-0.25, -0.2) is 0 Å². The number of ether oxygens (including phenoxy) is 4. The number of hydrogen-bond donors (Lipinski definition) is 0. The van der Waals surface area contributed by atoms with Crippen LogP contribution in [-0.2, 0) is 70.4 Å². The average molecular weight is 1330 g/mol. The Bertz CT molecular complexity index is 3060. The normalized spacial score (nSPS) is 22.4. The molecule has 97 heavy (non-hydrogen) atoms. The fourth-order valence-corrected chi connectivity index (χ4v) is 17.2. The maximum atomic E-state index is 13.5. The van der Waals surface area contributed by atoms with E-state index in [4.69, 9.17) is 18.9 Å². The monoisotopic (exact) mass is 1320 g/mol. The number of fused-ring (bicyclic) bond motifs is 5. The minimum absolute atomic E-state index is 0.0163. The van der Waals surface area contributed by atoms with Crippen molar-refractivity contribution in [3.8, 4) is 0 Å². The SMILES string of the molecule is CC(C)CC(Cc1ccccc1)C(=O)OCc1ccccc1.CC(C)CCC[C@@H](C)[C@H]1CC[C@H]2[C@@H]3CC=C4C[C@@H](OC(=O)C(Cc5ccccc5)CC(C)C)CC[C@]4(C)[C@H]3CC[C@]12C.CCOC(=O)C(Cc1ccccc1)CC(C)C.COC(=O)C(Cc1ccccc1)CC(C)C. The summed E-state index contributed by atoms with van der Waals surface area (Å²) in [4.78, 5) is 49.4. The quantitative estimate of drug-likeness (QED) is 0.0265. The number of allylic oxidation sites excluding steroid dienone is 1. The van der Waals surface area contributed by atoms with Crippen LogP contribution in [0.2, 0.25) is 0 Å². The minimum Gasteiger partial charge on any atom is -0.469 e. The first-order valence-corrected chi connectivity index (χ1v) is 37.9. The molecule has 0 N–H and O–H groups in total. The largest absolute Gasteiger partial charge is 0.469 e. The molecule has 0 spiro atoms. The molecule has 0 saturated heterocycles. The molecular formula is C89H128O8. The summed E-state index contributed by atoms with van der Waals surface area (Å²) in [5, 5.41) is 0. The molecule has 0 amide bonds. The van der Waals surface area contributed by atoms with E-state index in [2.05, 4.69) is 157 Å². The lowest BCUT2D eigenvalue weighted by atomic mass is 9.47. The predicted molar refractivity (Wildman–Crippen MR) is 400 cm³/mol.